The number of benzene rings is 4. The molecule has 0 spiro atoms. The molecule has 0 amide bonds. The number of halogens is 2. The first-order valence-corrected chi connectivity index (χ1v) is 15.7. The molecule has 8 nitrogen and oxygen atoms in total. The molecule has 4 aliphatic rings. The first-order chi connectivity index (χ1) is 21.6. The molecule has 4 aliphatic heterocycles. The Bertz CT molecular complexity index is 1780. The lowest BCUT2D eigenvalue weighted by Gasteiger charge is -2.43. The normalized spacial score (nSPS) is 20.5. The molecule has 6 bridgehead atoms. The largest absolute Gasteiger partial charge is 1.00 e. The van der Waals surface area contributed by atoms with Crippen LogP contribution in [0.3, 0.4) is 0 Å². The molecule has 8 rings (SSSR count). The van der Waals surface area contributed by atoms with Gasteiger partial charge in [-0.25, -0.2) is 0 Å². The number of likely N-dealkylation sites (N-methyl/N-ethyl adjacent to an activating group) is 2. The third-order valence-corrected chi connectivity index (χ3v) is 10.1. The molecule has 10 heteroatoms. The molecule has 0 radical (unpaired) electrons. The van der Waals surface area contributed by atoms with Gasteiger partial charge >= 0.3 is 0 Å². The van der Waals surface area contributed by atoms with E-state index in [-0.39, 0.29) is 48.4 Å². The van der Waals surface area contributed by atoms with E-state index in [1.807, 2.05) is 30.3 Å². The number of nitrogens with one attached hydrogen (secondary N) is 1. The second-order valence-corrected chi connectivity index (χ2v) is 13.3. The van der Waals surface area contributed by atoms with Crippen LogP contribution in [-0.4, -0.2) is 63.1 Å². The summed E-state index contributed by atoms with van der Waals surface area (Å²) in [7, 11) is 9.90. The highest BCUT2D eigenvalue weighted by atomic mass is 35.5. The van der Waals surface area contributed by atoms with E-state index in [2.05, 4.69) is 45.4 Å². The molecule has 0 aromatic heterocycles. The van der Waals surface area contributed by atoms with Crippen LogP contribution in [0.25, 0.3) is 0 Å². The summed E-state index contributed by atoms with van der Waals surface area (Å²) in [5.41, 5.74) is 6.75. The van der Waals surface area contributed by atoms with Gasteiger partial charge in [-0.15, -0.1) is 0 Å². The highest BCUT2D eigenvalue weighted by molar-refractivity contribution is 5.61. The summed E-state index contributed by atoms with van der Waals surface area (Å²) in [6, 6.07) is 20.1. The molecule has 0 saturated heterocycles. The van der Waals surface area contributed by atoms with Gasteiger partial charge in [0.05, 0.1) is 54.0 Å². The van der Waals surface area contributed by atoms with Crippen molar-refractivity contribution in [3.8, 4) is 46.0 Å². The number of ether oxygens (including phenoxy) is 4. The number of nitrogens with zero attached hydrogens (tertiary/aromatic N) is 1. The lowest BCUT2D eigenvalue weighted by atomic mass is 9.86. The second kappa shape index (κ2) is 13.4. The van der Waals surface area contributed by atoms with Gasteiger partial charge in [0.2, 0.25) is 5.75 Å². The molecule has 0 aliphatic carbocycles. The van der Waals surface area contributed by atoms with Gasteiger partial charge in [-0.2, -0.15) is 0 Å². The van der Waals surface area contributed by atoms with E-state index in [1.54, 1.807) is 20.3 Å². The van der Waals surface area contributed by atoms with E-state index in [9.17, 15) is 10.2 Å². The van der Waals surface area contributed by atoms with E-state index in [0.29, 0.717) is 45.4 Å². The number of phenolic OH excluding ortho intramolecular Hbond substituents is 2. The van der Waals surface area contributed by atoms with Gasteiger partial charge < -0.3 is 63.4 Å². The highest BCUT2D eigenvalue weighted by Crippen LogP contribution is 2.51. The van der Waals surface area contributed by atoms with E-state index in [0.717, 1.165) is 49.0 Å². The van der Waals surface area contributed by atoms with Crippen LogP contribution in [0.2, 0.25) is 0 Å². The van der Waals surface area contributed by atoms with Crippen molar-refractivity contribution in [2.75, 3.05) is 48.5 Å². The van der Waals surface area contributed by atoms with Crippen molar-refractivity contribution < 1.29 is 63.4 Å². The van der Waals surface area contributed by atoms with Crippen molar-refractivity contribution in [3.05, 3.63) is 94.0 Å². The Morgan fingerprint density at radius 3 is 2.21 bits per heavy atom. The minimum absolute atomic E-state index is 0. The maximum atomic E-state index is 11.5. The summed E-state index contributed by atoms with van der Waals surface area (Å²) in [4.78, 5) is 1.43. The fourth-order valence-electron chi connectivity index (χ4n) is 7.39. The molecule has 3 atom stereocenters. The summed E-state index contributed by atoms with van der Waals surface area (Å²) < 4.78 is 25.2. The Hall–Kier alpha value is -3.82. The van der Waals surface area contributed by atoms with Crippen LogP contribution in [0.4, 0.5) is 0 Å². The number of methoxy groups -OCH3 is 2. The Morgan fingerprint density at radius 2 is 1.49 bits per heavy atom. The van der Waals surface area contributed by atoms with Crippen LogP contribution in [0.5, 0.6) is 46.0 Å². The predicted octanol–water partition coefficient (Wildman–Crippen LogP) is -0.708. The van der Waals surface area contributed by atoms with Crippen molar-refractivity contribution in [2.24, 2.45) is 0 Å². The summed E-state index contributed by atoms with van der Waals surface area (Å²) in [6.45, 7) is 1.92. The third kappa shape index (κ3) is 6.27. The number of hydrogen-bond donors (Lipinski definition) is 3. The van der Waals surface area contributed by atoms with Crippen molar-refractivity contribution >= 4 is 0 Å². The maximum absolute atomic E-state index is 11.5. The van der Waals surface area contributed by atoms with Crippen molar-refractivity contribution in [2.45, 2.75) is 37.8 Å². The fraction of sp³-hybridized carbons (Fsp3) is 0.351. The number of quaternary nitrogens is 2. The van der Waals surface area contributed by atoms with Crippen molar-refractivity contribution in [1.82, 2.24) is 0 Å². The van der Waals surface area contributed by atoms with Crippen molar-refractivity contribution in [1.29, 1.82) is 0 Å². The molecule has 0 fully saturated rings. The Morgan fingerprint density at radius 1 is 0.787 bits per heavy atom. The van der Waals surface area contributed by atoms with Crippen LogP contribution in [-0.2, 0) is 25.7 Å². The average molecular weight is 682 g/mol. The predicted molar refractivity (Wildman–Crippen MR) is 171 cm³/mol. The summed E-state index contributed by atoms with van der Waals surface area (Å²) in [5, 5.41) is 22.5. The minimum Gasteiger partial charge on any atom is -1.00 e. The number of hydrogen-bond acceptors (Lipinski definition) is 6. The zero-order valence-electron chi connectivity index (χ0n) is 27.4. The van der Waals surface area contributed by atoms with Gasteiger partial charge in [0.25, 0.3) is 0 Å². The van der Waals surface area contributed by atoms with Gasteiger partial charge in [-0.1, -0.05) is 18.2 Å². The number of aromatic hydroxyl groups is 2. The van der Waals surface area contributed by atoms with E-state index < -0.39 is 0 Å². The molecule has 4 aromatic carbocycles. The third-order valence-electron chi connectivity index (χ3n) is 10.1. The maximum Gasteiger partial charge on any atom is 0.201 e. The van der Waals surface area contributed by atoms with Crippen LogP contribution < -0.4 is 48.7 Å². The second-order valence-electron chi connectivity index (χ2n) is 13.3. The van der Waals surface area contributed by atoms with Crippen LogP contribution in [0, 0.1) is 0 Å². The zero-order chi connectivity index (χ0) is 31.5. The van der Waals surface area contributed by atoms with Crippen molar-refractivity contribution in [3.63, 3.8) is 0 Å². The Kier molecular flexibility index (Phi) is 9.81. The van der Waals surface area contributed by atoms with E-state index >= 15 is 0 Å². The molecule has 47 heavy (non-hydrogen) atoms. The topological polar surface area (TPSA) is 81.8 Å². The quantitative estimate of drug-likeness (QED) is 0.243. The molecule has 250 valence electrons. The van der Waals surface area contributed by atoms with E-state index in [4.69, 9.17) is 18.9 Å². The molecule has 3 N–H and O–H groups in total. The Balaban J connectivity index is 0.00000217. The fourth-order valence-corrected chi connectivity index (χ4v) is 7.39. The van der Waals surface area contributed by atoms with Gasteiger partial charge in [-0.3, -0.25) is 0 Å². The molecule has 1 unspecified atom stereocenters. The van der Waals surface area contributed by atoms with Gasteiger partial charge in [0, 0.05) is 31.2 Å². The van der Waals surface area contributed by atoms with Gasteiger partial charge in [0.1, 0.15) is 17.8 Å². The summed E-state index contributed by atoms with van der Waals surface area (Å²) >= 11 is 0. The molecule has 0 saturated carbocycles. The molecular weight excluding hydrogens is 639 g/mol. The molecule has 4 aromatic rings. The molecular formula is C37H42Cl2N2O6. The zero-order valence-corrected chi connectivity index (χ0v) is 28.9. The number of rotatable bonds is 2. The lowest BCUT2D eigenvalue weighted by molar-refractivity contribution is -0.923. The monoisotopic (exact) mass is 680 g/mol. The SMILES string of the molecule is COc1cc2c3cc1Oc1cc(ccc1O)C[C@@H]1c4c(cc(OC)c(O)c4Oc4ccc(cc4)C[C@@H]3[NH+](C)CC2)CC[N+]1(C)C.[Cl-].[Cl-]. The summed E-state index contributed by atoms with van der Waals surface area (Å²) in [5.74, 6) is 3.20. The smallest absolute Gasteiger partial charge is 0.201 e. The summed E-state index contributed by atoms with van der Waals surface area (Å²) in [6.07, 6.45) is 3.24. The van der Waals surface area contributed by atoms with Crippen LogP contribution in [0.1, 0.15) is 45.5 Å². The van der Waals surface area contributed by atoms with Crippen LogP contribution in [0.15, 0.2) is 60.7 Å². The highest BCUT2D eigenvalue weighted by Gasteiger charge is 2.41. The van der Waals surface area contributed by atoms with Gasteiger partial charge in [-0.05, 0) is 64.7 Å². The van der Waals surface area contributed by atoms with Gasteiger partial charge in [0.15, 0.2) is 34.5 Å². The standard InChI is InChI=1S/C37H40N2O6.2ClH/c1-38-14-12-24-19-32(42-4)33-21-27(24)28(38)16-22-6-9-26(10-7-22)44-37-35-25(20-34(43-5)36(37)41)13-15-39(2,3)29(35)17-23-8-11-30(40)31(18-23)45-33;;/h6-11,18-21,28-29H,12-17H2,1-5H3,(H-,40,41);2*1H/t28-,29+;;/m0../s1. The minimum atomic E-state index is -0.0475. The number of phenols is 2. The molecule has 4 heterocycles. The lowest BCUT2D eigenvalue weighted by Crippen LogP contribution is -3.10. The van der Waals surface area contributed by atoms with E-state index in [1.165, 1.54) is 21.6 Å². The average Bonchev–Trinajstić information content (AvgIpc) is 3.03. The number of fused-ring (bicyclic) bond motifs is 2. The first-order valence-electron chi connectivity index (χ1n) is 15.7. The van der Waals surface area contributed by atoms with Crippen LogP contribution >= 0.6 is 0 Å². The Labute approximate surface area is 288 Å². The first kappa shape index (κ1) is 34.5.